The van der Waals surface area contributed by atoms with Gasteiger partial charge in [0.05, 0.1) is 24.4 Å². The highest BCUT2D eigenvalue weighted by molar-refractivity contribution is 6.39. The molecular formula is C52H81NO13. The Balaban J connectivity index is 1.72. The molecule has 0 spiro atoms. The van der Waals surface area contributed by atoms with Crippen molar-refractivity contribution in [1.82, 2.24) is 4.90 Å². The molecule has 14 heteroatoms. The molecule has 1 saturated carbocycles. The van der Waals surface area contributed by atoms with Gasteiger partial charge in [-0.2, -0.15) is 0 Å². The van der Waals surface area contributed by atoms with E-state index in [0.29, 0.717) is 63.4 Å². The number of ketones is 3. The Morgan fingerprint density at radius 1 is 0.818 bits per heavy atom. The van der Waals surface area contributed by atoms with Gasteiger partial charge in [-0.3, -0.25) is 19.2 Å². The fourth-order valence-electron chi connectivity index (χ4n) is 10.4. The smallest absolute Gasteiger partial charge is 0.329 e. The van der Waals surface area contributed by atoms with Crippen LogP contribution < -0.4 is 0 Å². The van der Waals surface area contributed by atoms with Crippen molar-refractivity contribution in [1.29, 1.82) is 0 Å². The molecule has 0 aromatic heterocycles. The number of carbonyl (C=O) groups is 5. The second-order valence-electron chi connectivity index (χ2n) is 19.8. The standard InChI is InChI=1S/C52H81NO13/c1-31-17-13-12-14-18-32(2)43(61-8)29-39-22-20-37(7)52(60,66-39)49(57)50(58)53-24-16-15-19-40(53)51(59)65-44(34(4)27-38-21-23-41(54)45(28-38)62-9)30-42(55)33(3)26-36(6)47(63-10)48(64-11)46(56)35(5)25-31/h12-14,17-18,26,31,33-35,37-41,43-45,47-48,54,60H,15-16,19-25,27-30H2,1-11H3/b14-12?,17-13+,32-18?,36-26+/t31-,33-,34-,35-,37-,38+,39+,40+,41-,43+,44+,45-,47-,48+,52-/m1/s1. The number of allylic oxidation sites excluding steroid dienone is 6. The van der Waals surface area contributed by atoms with Crippen LogP contribution in [0.25, 0.3) is 0 Å². The molecule has 372 valence electrons. The number of fused-ring (bicyclic) bond motifs is 3. The zero-order valence-electron chi connectivity index (χ0n) is 41.6. The lowest BCUT2D eigenvalue weighted by Gasteiger charge is -2.42. The summed E-state index contributed by atoms with van der Waals surface area (Å²) in [6.07, 6.45) is 12.6. The van der Waals surface area contributed by atoms with Gasteiger partial charge in [0.25, 0.3) is 11.7 Å². The summed E-state index contributed by atoms with van der Waals surface area (Å²) < 4.78 is 35.5. The number of hydrogen-bond acceptors (Lipinski definition) is 13. The number of hydrogen-bond donors (Lipinski definition) is 2. The second kappa shape index (κ2) is 25.8. The molecule has 14 nitrogen and oxygen atoms in total. The molecule has 0 unspecified atom stereocenters. The number of esters is 1. The first-order valence-corrected chi connectivity index (χ1v) is 24.3. The molecule has 3 fully saturated rings. The molecule has 0 aromatic rings. The highest BCUT2D eigenvalue weighted by atomic mass is 16.6. The zero-order chi connectivity index (χ0) is 48.9. The van der Waals surface area contributed by atoms with Crippen LogP contribution in [0, 0.1) is 35.5 Å². The molecule has 0 radical (unpaired) electrons. The SMILES string of the molecule is CO[C@H]1C[C@@H]2CC[C@@H](C)[C@@](O)(O2)C(=O)C(=O)N2CCCC[C@H]2C(=O)O[C@H]([C@H](C)C[C@@H]2CC[C@@H](O)[C@H](OC)C2)CC(=O)[C@H](C)/C=C(\C)[C@@H](OC)[C@@H](OC)C(=O)[C@H](C)C[C@H](C)/C=C/C=CC=C1C. The van der Waals surface area contributed by atoms with E-state index in [9.17, 15) is 34.2 Å². The molecule has 2 N–H and O–H groups in total. The van der Waals surface area contributed by atoms with E-state index in [1.54, 1.807) is 41.1 Å². The minimum atomic E-state index is -2.42. The Labute approximate surface area is 393 Å². The number of methoxy groups -OCH3 is 4. The van der Waals surface area contributed by atoms with Gasteiger partial charge < -0.3 is 43.5 Å². The lowest BCUT2D eigenvalue weighted by Crippen LogP contribution is -2.61. The molecule has 1 aliphatic carbocycles. The van der Waals surface area contributed by atoms with E-state index in [4.69, 9.17) is 28.4 Å². The Bertz CT molecular complexity index is 1770. The third-order valence-corrected chi connectivity index (χ3v) is 14.7. The van der Waals surface area contributed by atoms with Crippen molar-refractivity contribution in [3.63, 3.8) is 0 Å². The number of aliphatic hydroxyl groups is 2. The van der Waals surface area contributed by atoms with Gasteiger partial charge >= 0.3 is 5.97 Å². The number of Topliss-reactive ketones (excluding diaryl/α,β-unsaturated/α-hetero) is 3. The van der Waals surface area contributed by atoms with E-state index in [1.165, 1.54) is 19.1 Å². The molecule has 1 amide bonds. The molecule has 2 bridgehead atoms. The topological polar surface area (TPSA) is 184 Å². The van der Waals surface area contributed by atoms with E-state index >= 15 is 0 Å². The average Bonchev–Trinajstić information content (AvgIpc) is 3.29. The molecule has 2 saturated heterocycles. The van der Waals surface area contributed by atoms with Crippen LogP contribution >= 0.6 is 0 Å². The molecular weight excluding hydrogens is 847 g/mol. The number of amides is 1. The fourth-order valence-corrected chi connectivity index (χ4v) is 10.4. The van der Waals surface area contributed by atoms with Gasteiger partial charge in [0.1, 0.15) is 30.1 Å². The second-order valence-corrected chi connectivity index (χ2v) is 19.8. The number of cyclic esters (lactones) is 1. The summed E-state index contributed by atoms with van der Waals surface area (Å²) in [4.78, 5) is 72.3. The molecule has 4 rings (SSSR count). The van der Waals surface area contributed by atoms with Crippen molar-refractivity contribution >= 4 is 29.2 Å². The van der Waals surface area contributed by atoms with Gasteiger partial charge in [0.15, 0.2) is 5.78 Å². The van der Waals surface area contributed by atoms with Crippen LogP contribution in [0.4, 0.5) is 0 Å². The summed E-state index contributed by atoms with van der Waals surface area (Å²) in [5.74, 6) is -7.45. The largest absolute Gasteiger partial charge is 0.460 e. The number of aliphatic hydroxyl groups excluding tert-OH is 1. The Kier molecular flexibility index (Phi) is 21.6. The maximum atomic E-state index is 14.4. The van der Waals surface area contributed by atoms with Crippen molar-refractivity contribution in [2.45, 2.75) is 180 Å². The van der Waals surface area contributed by atoms with Crippen molar-refractivity contribution in [2.24, 2.45) is 35.5 Å². The van der Waals surface area contributed by atoms with Crippen molar-refractivity contribution in [3.05, 3.63) is 47.6 Å². The summed E-state index contributed by atoms with van der Waals surface area (Å²) in [6.45, 7) is 13.1. The van der Waals surface area contributed by atoms with Crippen LogP contribution in [0.5, 0.6) is 0 Å². The number of rotatable bonds is 7. The predicted octanol–water partition coefficient (Wildman–Crippen LogP) is 6.83. The Morgan fingerprint density at radius 2 is 1.53 bits per heavy atom. The van der Waals surface area contributed by atoms with Crippen LogP contribution in [0.3, 0.4) is 0 Å². The number of ether oxygens (including phenoxy) is 6. The third-order valence-electron chi connectivity index (χ3n) is 14.7. The van der Waals surface area contributed by atoms with Crippen LogP contribution in [-0.4, -0.2) is 134 Å². The number of nitrogens with zero attached hydrogens (tertiary/aromatic N) is 1. The Morgan fingerprint density at radius 3 is 2.20 bits per heavy atom. The first kappa shape index (κ1) is 55.2. The van der Waals surface area contributed by atoms with Crippen LogP contribution in [0.1, 0.15) is 126 Å². The molecule has 15 atom stereocenters. The van der Waals surface area contributed by atoms with Crippen molar-refractivity contribution < 1.29 is 62.6 Å². The molecule has 66 heavy (non-hydrogen) atoms. The summed E-state index contributed by atoms with van der Waals surface area (Å²) in [6, 6.07) is -1.12. The summed E-state index contributed by atoms with van der Waals surface area (Å²) in [5, 5.41) is 22.5. The summed E-state index contributed by atoms with van der Waals surface area (Å²) in [7, 11) is 6.15. The lowest BCUT2D eigenvalue weighted by molar-refractivity contribution is -0.265. The fraction of sp³-hybridized carbons (Fsp3) is 0.750. The number of piperidine rings is 1. The first-order chi connectivity index (χ1) is 31.3. The van der Waals surface area contributed by atoms with E-state index in [2.05, 4.69) is 0 Å². The zero-order valence-corrected chi connectivity index (χ0v) is 41.6. The summed E-state index contributed by atoms with van der Waals surface area (Å²) >= 11 is 0. The highest BCUT2D eigenvalue weighted by Gasteiger charge is 2.53. The van der Waals surface area contributed by atoms with E-state index in [-0.39, 0.29) is 60.7 Å². The lowest BCUT2D eigenvalue weighted by atomic mass is 9.78. The minimum absolute atomic E-state index is 0.0599. The van der Waals surface area contributed by atoms with Crippen LogP contribution in [-0.2, 0) is 52.4 Å². The average molecular weight is 928 g/mol. The summed E-state index contributed by atoms with van der Waals surface area (Å²) in [5.41, 5.74) is 1.54. The molecule has 4 aliphatic rings. The first-order valence-electron chi connectivity index (χ1n) is 24.3. The molecule has 0 aromatic carbocycles. The van der Waals surface area contributed by atoms with E-state index in [1.807, 2.05) is 58.1 Å². The maximum Gasteiger partial charge on any atom is 0.329 e. The van der Waals surface area contributed by atoms with Gasteiger partial charge in [0.2, 0.25) is 5.79 Å². The highest BCUT2D eigenvalue weighted by Crippen LogP contribution is 2.38. The normalized spacial score (nSPS) is 38.7. The van der Waals surface area contributed by atoms with Crippen molar-refractivity contribution in [3.8, 4) is 0 Å². The van der Waals surface area contributed by atoms with E-state index in [0.717, 1.165) is 12.0 Å². The van der Waals surface area contributed by atoms with Crippen molar-refractivity contribution in [2.75, 3.05) is 35.0 Å². The quantitative estimate of drug-likeness (QED) is 0.154. The van der Waals surface area contributed by atoms with Gasteiger partial charge in [-0.15, -0.1) is 0 Å². The monoisotopic (exact) mass is 928 g/mol. The van der Waals surface area contributed by atoms with Gasteiger partial charge in [0, 0.05) is 65.6 Å². The number of carbonyl (C=O) groups excluding carboxylic acids is 5. The Hall–Kier alpha value is -3.37. The van der Waals surface area contributed by atoms with E-state index < -0.39 is 77.9 Å². The van der Waals surface area contributed by atoms with Gasteiger partial charge in [-0.05, 0) is 107 Å². The van der Waals surface area contributed by atoms with Crippen LogP contribution in [0.2, 0.25) is 0 Å². The third kappa shape index (κ3) is 14.3. The maximum absolute atomic E-state index is 14.4. The predicted molar refractivity (Wildman–Crippen MR) is 250 cm³/mol. The molecule has 3 heterocycles. The van der Waals surface area contributed by atoms with Gasteiger partial charge in [-0.1, -0.05) is 71.1 Å². The minimum Gasteiger partial charge on any atom is -0.460 e. The molecule has 3 aliphatic heterocycles. The van der Waals surface area contributed by atoms with Crippen LogP contribution in [0.15, 0.2) is 47.6 Å². The van der Waals surface area contributed by atoms with Gasteiger partial charge in [-0.25, -0.2) is 4.79 Å².